The van der Waals surface area contributed by atoms with Crippen molar-refractivity contribution in [3.63, 3.8) is 0 Å². The summed E-state index contributed by atoms with van der Waals surface area (Å²) in [5, 5.41) is 0. The van der Waals surface area contributed by atoms with Gasteiger partial charge in [-0.1, -0.05) is 40.2 Å². The SMILES string of the molecule is NC(COc1ccccc1F)c1cccc(Br)c1. The lowest BCUT2D eigenvalue weighted by Crippen LogP contribution is -2.19. The van der Waals surface area contributed by atoms with E-state index < -0.39 is 0 Å². The van der Waals surface area contributed by atoms with Crippen molar-refractivity contribution >= 4 is 15.9 Å². The van der Waals surface area contributed by atoms with Gasteiger partial charge < -0.3 is 10.5 Å². The molecule has 2 N–H and O–H groups in total. The number of nitrogens with two attached hydrogens (primary N) is 1. The zero-order chi connectivity index (χ0) is 13.0. The molecule has 94 valence electrons. The van der Waals surface area contributed by atoms with Crippen molar-refractivity contribution in [3.05, 3.63) is 64.4 Å². The predicted octanol–water partition coefficient (Wildman–Crippen LogP) is 3.67. The van der Waals surface area contributed by atoms with Crippen LogP contribution in [0.1, 0.15) is 11.6 Å². The zero-order valence-corrected chi connectivity index (χ0v) is 11.2. The highest BCUT2D eigenvalue weighted by Gasteiger charge is 2.09. The summed E-state index contributed by atoms with van der Waals surface area (Å²) in [5.41, 5.74) is 6.94. The Bertz CT molecular complexity index is 533. The Balaban J connectivity index is 2.00. The second-order valence-electron chi connectivity index (χ2n) is 3.90. The Morgan fingerprint density at radius 2 is 1.94 bits per heavy atom. The van der Waals surface area contributed by atoms with Crippen LogP contribution in [0, 0.1) is 5.82 Å². The lowest BCUT2D eigenvalue weighted by molar-refractivity contribution is 0.277. The molecule has 4 heteroatoms. The second-order valence-corrected chi connectivity index (χ2v) is 4.82. The van der Waals surface area contributed by atoms with Crippen LogP contribution in [0.3, 0.4) is 0 Å². The average molecular weight is 310 g/mol. The maximum Gasteiger partial charge on any atom is 0.165 e. The molecule has 0 aliphatic carbocycles. The van der Waals surface area contributed by atoms with E-state index >= 15 is 0 Å². The smallest absolute Gasteiger partial charge is 0.165 e. The number of rotatable bonds is 4. The van der Waals surface area contributed by atoms with Crippen molar-refractivity contribution in [2.75, 3.05) is 6.61 Å². The van der Waals surface area contributed by atoms with Gasteiger partial charge in [0.1, 0.15) is 6.61 Å². The van der Waals surface area contributed by atoms with E-state index in [1.807, 2.05) is 24.3 Å². The third-order valence-electron chi connectivity index (χ3n) is 2.53. The summed E-state index contributed by atoms with van der Waals surface area (Å²) in [4.78, 5) is 0. The summed E-state index contributed by atoms with van der Waals surface area (Å²) in [6, 6.07) is 13.7. The fourth-order valence-corrected chi connectivity index (χ4v) is 1.99. The number of hydrogen-bond donors (Lipinski definition) is 1. The first-order valence-corrected chi connectivity index (χ1v) is 6.34. The Morgan fingerprint density at radius 3 is 2.67 bits per heavy atom. The van der Waals surface area contributed by atoms with E-state index in [1.165, 1.54) is 6.07 Å². The first kappa shape index (κ1) is 13.1. The fourth-order valence-electron chi connectivity index (χ4n) is 1.57. The topological polar surface area (TPSA) is 35.2 Å². The Morgan fingerprint density at radius 1 is 1.17 bits per heavy atom. The monoisotopic (exact) mass is 309 g/mol. The minimum Gasteiger partial charge on any atom is -0.489 e. The molecule has 18 heavy (non-hydrogen) atoms. The minimum absolute atomic E-state index is 0.225. The standard InChI is InChI=1S/C14H13BrFNO/c15-11-5-3-4-10(8-11)13(17)9-18-14-7-2-1-6-12(14)16/h1-8,13H,9,17H2. The number of benzene rings is 2. The van der Waals surface area contributed by atoms with Crippen LogP contribution < -0.4 is 10.5 Å². The highest BCUT2D eigenvalue weighted by molar-refractivity contribution is 9.10. The first-order valence-electron chi connectivity index (χ1n) is 5.55. The molecule has 2 nitrogen and oxygen atoms in total. The van der Waals surface area contributed by atoms with Crippen LogP contribution in [0.2, 0.25) is 0 Å². The zero-order valence-electron chi connectivity index (χ0n) is 9.64. The summed E-state index contributed by atoms with van der Waals surface area (Å²) < 4.78 is 19.7. The van der Waals surface area contributed by atoms with Gasteiger partial charge in [-0.15, -0.1) is 0 Å². The van der Waals surface area contributed by atoms with Crippen LogP contribution in [0.25, 0.3) is 0 Å². The highest BCUT2D eigenvalue weighted by atomic mass is 79.9. The molecule has 0 aliphatic rings. The molecule has 0 aliphatic heterocycles. The first-order chi connectivity index (χ1) is 8.66. The molecular weight excluding hydrogens is 297 g/mol. The average Bonchev–Trinajstić information content (AvgIpc) is 2.37. The molecular formula is C14H13BrFNO. The normalized spacial score (nSPS) is 12.2. The van der Waals surface area contributed by atoms with E-state index in [-0.39, 0.29) is 24.2 Å². The Labute approximate surface area is 114 Å². The maximum atomic E-state index is 13.3. The Kier molecular flexibility index (Phi) is 4.33. The van der Waals surface area contributed by atoms with Crippen molar-refractivity contribution in [2.45, 2.75) is 6.04 Å². The quantitative estimate of drug-likeness (QED) is 0.935. The minimum atomic E-state index is -0.376. The van der Waals surface area contributed by atoms with Crippen molar-refractivity contribution in [1.82, 2.24) is 0 Å². The van der Waals surface area contributed by atoms with Gasteiger partial charge >= 0.3 is 0 Å². The van der Waals surface area contributed by atoms with Crippen molar-refractivity contribution in [2.24, 2.45) is 5.73 Å². The summed E-state index contributed by atoms with van der Waals surface area (Å²) in [6.45, 7) is 0.234. The Hall–Kier alpha value is -1.39. The summed E-state index contributed by atoms with van der Waals surface area (Å²) in [7, 11) is 0. The molecule has 0 saturated carbocycles. The lowest BCUT2D eigenvalue weighted by Gasteiger charge is -2.14. The van der Waals surface area contributed by atoms with Gasteiger partial charge in [0.15, 0.2) is 11.6 Å². The molecule has 0 radical (unpaired) electrons. The molecule has 0 amide bonds. The van der Waals surface area contributed by atoms with Gasteiger partial charge in [-0.25, -0.2) is 4.39 Å². The molecule has 2 rings (SSSR count). The van der Waals surface area contributed by atoms with Gasteiger partial charge in [0.05, 0.1) is 6.04 Å². The summed E-state index contributed by atoms with van der Waals surface area (Å²) >= 11 is 3.38. The third-order valence-corrected chi connectivity index (χ3v) is 3.03. The van der Waals surface area contributed by atoms with E-state index in [9.17, 15) is 4.39 Å². The molecule has 2 aromatic rings. The molecule has 0 saturated heterocycles. The molecule has 1 unspecified atom stereocenters. The van der Waals surface area contributed by atoms with Crippen LogP contribution >= 0.6 is 15.9 Å². The van der Waals surface area contributed by atoms with Gasteiger partial charge in [-0.3, -0.25) is 0 Å². The number of hydrogen-bond acceptors (Lipinski definition) is 2. The molecule has 0 spiro atoms. The van der Waals surface area contributed by atoms with E-state index in [4.69, 9.17) is 10.5 Å². The highest BCUT2D eigenvalue weighted by Crippen LogP contribution is 2.20. The molecule has 0 fully saturated rings. The van der Waals surface area contributed by atoms with E-state index in [1.54, 1.807) is 18.2 Å². The molecule has 0 heterocycles. The predicted molar refractivity (Wildman–Crippen MR) is 73.0 cm³/mol. The van der Waals surface area contributed by atoms with Gasteiger partial charge in [-0.05, 0) is 29.8 Å². The largest absolute Gasteiger partial charge is 0.489 e. The molecule has 2 aromatic carbocycles. The van der Waals surface area contributed by atoms with E-state index in [2.05, 4.69) is 15.9 Å². The van der Waals surface area contributed by atoms with E-state index in [0.29, 0.717) is 0 Å². The second kappa shape index (κ2) is 5.98. The maximum absolute atomic E-state index is 13.3. The van der Waals surface area contributed by atoms with E-state index in [0.717, 1.165) is 10.0 Å². The summed E-state index contributed by atoms with van der Waals surface area (Å²) in [6.07, 6.45) is 0. The number of ether oxygens (including phenoxy) is 1. The van der Waals surface area contributed by atoms with Crippen molar-refractivity contribution in [3.8, 4) is 5.75 Å². The van der Waals surface area contributed by atoms with Gasteiger partial charge in [0, 0.05) is 4.47 Å². The number of para-hydroxylation sites is 1. The third kappa shape index (κ3) is 3.31. The molecule has 0 bridgehead atoms. The number of halogens is 2. The summed E-state index contributed by atoms with van der Waals surface area (Å²) in [5.74, 6) is -0.151. The molecule has 0 aromatic heterocycles. The van der Waals surface area contributed by atoms with Crippen LogP contribution in [-0.4, -0.2) is 6.61 Å². The van der Waals surface area contributed by atoms with Crippen LogP contribution in [0.4, 0.5) is 4.39 Å². The van der Waals surface area contributed by atoms with Gasteiger partial charge in [0.25, 0.3) is 0 Å². The fraction of sp³-hybridized carbons (Fsp3) is 0.143. The van der Waals surface area contributed by atoms with Crippen LogP contribution in [0.15, 0.2) is 53.0 Å². The van der Waals surface area contributed by atoms with Crippen LogP contribution in [-0.2, 0) is 0 Å². The van der Waals surface area contributed by atoms with Crippen molar-refractivity contribution < 1.29 is 9.13 Å². The van der Waals surface area contributed by atoms with Crippen LogP contribution in [0.5, 0.6) is 5.75 Å². The van der Waals surface area contributed by atoms with Crippen molar-refractivity contribution in [1.29, 1.82) is 0 Å². The van der Waals surface area contributed by atoms with Gasteiger partial charge in [0.2, 0.25) is 0 Å². The molecule has 1 atom stereocenters. The van der Waals surface area contributed by atoms with Gasteiger partial charge in [-0.2, -0.15) is 0 Å². The lowest BCUT2D eigenvalue weighted by atomic mass is 10.1.